The second-order valence-corrected chi connectivity index (χ2v) is 5.66. The number of rotatable bonds is 1. The van der Waals surface area contributed by atoms with Gasteiger partial charge in [0, 0.05) is 13.1 Å². The maximum Gasteiger partial charge on any atom is 0.230 e. The molecule has 2 atom stereocenters. The lowest BCUT2D eigenvalue weighted by Crippen LogP contribution is -2.37. The molecule has 0 saturated heterocycles. The average molecular weight is 284 g/mol. The minimum atomic E-state index is -0.0778. The smallest absolute Gasteiger partial charge is 0.230 e. The van der Waals surface area contributed by atoms with Crippen molar-refractivity contribution in [2.24, 2.45) is 5.92 Å². The van der Waals surface area contributed by atoms with Gasteiger partial charge in [-0.15, -0.1) is 0 Å². The zero-order valence-corrected chi connectivity index (χ0v) is 12.8. The molecule has 0 fully saturated rings. The highest BCUT2D eigenvalue weighted by Crippen LogP contribution is 2.36. The number of nitrogens with zero attached hydrogens (tertiary/aromatic N) is 3. The van der Waals surface area contributed by atoms with E-state index in [9.17, 15) is 4.79 Å². The number of amides is 1. The third-order valence-electron chi connectivity index (χ3n) is 4.37. The van der Waals surface area contributed by atoms with Crippen LogP contribution in [0.25, 0.3) is 5.69 Å². The largest absolute Gasteiger partial charge is 0.367 e. The van der Waals surface area contributed by atoms with Gasteiger partial charge in [-0.2, -0.15) is 5.10 Å². The second kappa shape index (κ2) is 4.91. The summed E-state index contributed by atoms with van der Waals surface area (Å²) in [5, 5.41) is 7.65. The number of carbonyl (C=O) groups excluding carboxylic acids is 1. The van der Waals surface area contributed by atoms with Gasteiger partial charge >= 0.3 is 0 Å². The van der Waals surface area contributed by atoms with E-state index in [0.29, 0.717) is 0 Å². The van der Waals surface area contributed by atoms with Gasteiger partial charge in [-0.1, -0.05) is 25.1 Å². The minimum Gasteiger partial charge on any atom is -0.367 e. The van der Waals surface area contributed by atoms with Gasteiger partial charge in [-0.3, -0.25) is 4.79 Å². The number of aryl methyl sites for hydroxylation is 1. The Hall–Kier alpha value is -2.30. The topological polar surface area (TPSA) is 50.2 Å². The van der Waals surface area contributed by atoms with E-state index in [-0.39, 0.29) is 17.9 Å². The molecule has 2 aromatic rings. The Kier molecular flexibility index (Phi) is 3.20. The number of anilines is 2. The first-order valence-electron chi connectivity index (χ1n) is 7.19. The lowest BCUT2D eigenvalue weighted by Gasteiger charge is -2.27. The standard InChI is InChI=1S/C16H20N4O/c1-10-12(3)19(4)14-11(2)18-20(15(14)17-16(10)21)13-8-6-5-7-9-13/h5-10,12H,1-4H3,(H,17,21). The Morgan fingerprint density at radius 2 is 1.86 bits per heavy atom. The predicted octanol–water partition coefficient (Wildman–Crippen LogP) is 2.59. The first-order valence-corrected chi connectivity index (χ1v) is 7.19. The van der Waals surface area contributed by atoms with Gasteiger partial charge in [0.05, 0.1) is 17.3 Å². The summed E-state index contributed by atoms with van der Waals surface area (Å²) in [5.41, 5.74) is 2.85. The van der Waals surface area contributed by atoms with E-state index in [1.807, 2.05) is 55.9 Å². The van der Waals surface area contributed by atoms with Crippen molar-refractivity contribution in [1.82, 2.24) is 9.78 Å². The number of fused-ring (bicyclic) bond motifs is 1. The fraction of sp³-hybridized carbons (Fsp3) is 0.375. The van der Waals surface area contributed by atoms with Gasteiger partial charge in [0.15, 0.2) is 5.82 Å². The third-order valence-corrected chi connectivity index (χ3v) is 4.37. The number of aromatic nitrogens is 2. The van der Waals surface area contributed by atoms with Crippen LogP contribution in [0.3, 0.4) is 0 Å². The van der Waals surface area contributed by atoms with Crippen LogP contribution in [-0.2, 0) is 4.79 Å². The van der Waals surface area contributed by atoms with Crippen LogP contribution in [0.5, 0.6) is 0 Å². The number of benzene rings is 1. The summed E-state index contributed by atoms with van der Waals surface area (Å²) < 4.78 is 1.81. The Labute approximate surface area is 124 Å². The van der Waals surface area contributed by atoms with Crippen LogP contribution < -0.4 is 10.2 Å². The van der Waals surface area contributed by atoms with E-state index in [4.69, 9.17) is 0 Å². The van der Waals surface area contributed by atoms with Crippen LogP contribution in [0.2, 0.25) is 0 Å². The molecule has 0 spiro atoms. The van der Waals surface area contributed by atoms with Crippen LogP contribution in [0.4, 0.5) is 11.5 Å². The Balaban J connectivity index is 2.19. The Morgan fingerprint density at radius 1 is 1.19 bits per heavy atom. The van der Waals surface area contributed by atoms with Crippen molar-refractivity contribution in [2.45, 2.75) is 26.8 Å². The monoisotopic (exact) mass is 284 g/mol. The van der Waals surface area contributed by atoms with Gasteiger partial charge in [0.25, 0.3) is 0 Å². The summed E-state index contributed by atoms with van der Waals surface area (Å²) in [6, 6.07) is 9.98. The summed E-state index contributed by atoms with van der Waals surface area (Å²) >= 11 is 0. The van der Waals surface area contributed by atoms with Gasteiger partial charge < -0.3 is 10.2 Å². The number of hydrogen-bond donors (Lipinski definition) is 1. The lowest BCUT2D eigenvalue weighted by atomic mass is 10.0. The molecule has 0 aliphatic carbocycles. The summed E-state index contributed by atoms with van der Waals surface area (Å²) in [6.45, 7) is 6.00. The van der Waals surface area contributed by atoms with E-state index < -0.39 is 0 Å². The van der Waals surface area contributed by atoms with Crippen LogP contribution >= 0.6 is 0 Å². The number of carbonyl (C=O) groups is 1. The van der Waals surface area contributed by atoms with Crippen LogP contribution in [-0.4, -0.2) is 28.8 Å². The maximum absolute atomic E-state index is 12.3. The Morgan fingerprint density at radius 3 is 2.52 bits per heavy atom. The van der Waals surface area contributed by atoms with E-state index in [2.05, 4.69) is 22.2 Å². The van der Waals surface area contributed by atoms with Crippen molar-refractivity contribution < 1.29 is 4.79 Å². The maximum atomic E-state index is 12.3. The number of nitrogens with one attached hydrogen (secondary N) is 1. The highest BCUT2D eigenvalue weighted by Gasteiger charge is 2.33. The normalized spacial score (nSPS) is 21.7. The van der Waals surface area contributed by atoms with Crippen LogP contribution in [0.1, 0.15) is 19.5 Å². The summed E-state index contributed by atoms with van der Waals surface area (Å²) in [4.78, 5) is 14.5. The van der Waals surface area contributed by atoms with Crippen molar-refractivity contribution in [3.63, 3.8) is 0 Å². The molecule has 2 unspecified atom stereocenters. The molecule has 1 aliphatic heterocycles. The molecule has 1 aliphatic rings. The molecule has 1 aromatic heterocycles. The molecule has 2 heterocycles. The van der Waals surface area contributed by atoms with E-state index >= 15 is 0 Å². The molecule has 110 valence electrons. The van der Waals surface area contributed by atoms with Crippen LogP contribution in [0.15, 0.2) is 30.3 Å². The third kappa shape index (κ3) is 2.09. The molecule has 1 N–H and O–H groups in total. The molecule has 1 amide bonds. The fourth-order valence-corrected chi connectivity index (χ4v) is 2.80. The molecule has 3 rings (SSSR count). The quantitative estimate of drug-likeness (QED) is 0.875. The molecule has 5 nitrogen and oxygen atoms in total. The molecule has 1 aromatic carbocycles. The van der Waals surface area contributed by atoms with Crippen molar-refractivity contribution >= 4 is 17.4 Å². The molecule has 0 radical (unpaired) electrons. The molecular formula is C16H20N4O. The molecule has 0 bridgehead atoms. The summed E-state index contributed by atoms with van der Waals surface area (Å²) in [7, 11) is 2.02. The highest BCUT2D eigenvalue weighted by atomic mass is 16.2. The number of hydrogen-bond acceptors (Lipinski definition) is 3. The minimum absolute atomic E-state index is 0.0326. The molecule has 21 heavy (non-hydrogen) atoms. The molecule has 0 saturated carbocycles. The first kappa shape index (κ1) is 13.7. The van der Waals surface area contributed by atoms with Crippen molar-refractivity contribution in [3.05, 3.63) is 36.0 Å². The Bertz CT molecular complexity index is 677. The van der Waals surface area contributed by atoms with E-state index in [1.54, 1.807) is 0 Å². The van der Waals surface area contributed by atoms with Crippen LogP contribution in [0, 0.1) is 12.8 Å². The SMILES string of the molecule is Cc1nn(-c2ccccc2)c2c1N(C)C(C)C(C)C(=O)N2. The molecular weight excluding hydrogens is 264 g/mol. The predicted molar refractivity (Wildman–Crippen MR) is 84.0 cm³/mol. The van der Waals surface area contributed by atoms with E-state index in [0.717, 1.165) is 22.9 Å². The average Bonchev–Trinajstić information content (AvgIpc) is 2.78. The van der Waals surface area contributed by atoms with Gasteiger partial charge in [0.1, 0.15) is 5.69 Å². The van der Waals surface area contributed by atoms with Crippen molar-refractivity contribution in [1.29, 1.82) is 0 Å². The van der Waals surface area contributed by atoms with Crippen molar-refractivity contribution in [3.8, 4) is 5.69 Å². The summed E-state index contributed by atoms with van der Waals surface area (Å²) in [6.07, 6.45) is 0. The second-order valence-electron chi connectivity index (χ2n) is 5.66. The molecule has 5 heteroatoms. The summed E-state index contributed by atoms with van der Waals surface area (Å²) in [5.74, 6) is 0.707. The van der Waals surface area contributed by atoms with E-state index in [1.165, 1.54) is 0 Å². The number of para-hydroxylation sites is 1. The van der Waals surface area contributed by atoms with Gasteiger partial charge in [0.2, 0.25) is 5.91 Å². The lowest BCUT2D eigenvalue weighted by molar-refractivity contribution is -0.119. The van der Waals surface area contributed by atoms with Crippen molar-refractivity contribution in [2.75, 3.05) is 17.3 Å². The van der Waals surface area contributed by atoms with Gasteiger partial charge in [-0.25, -0.2) is 4.68 Å². The highest BCUT2D eigenvalue weighted by molar-refractivity contribution is 5.97. The zero-order chi connectivity index (χ0) is 15.1. The van der Waals surface area contributed by atoms with Gasteiger partial charge in [-0.05, 0) is 26.0 Å². The first-order chi connectivity index (χ1) is 10.0. The fourth-order valence-electron chi connectivity index (χ4n) is 2.80. The zero-order valence-electron chi connectivity index (χ0n) is 12.8.